The second-order valence-corrected chi connectivity index (χ2v) is 5.89. The van der Waals surface area contributed by atoms with Crippen LogP contribution >= 0.6 is 11.8 Å². The second-order valence-electron chi connectivity index (χ2n) is 4.76. The van der Waals surface area contributed by atoms with Crippen LogP contribution in [0.15, 0.2) is 29.2 Å². The minimum Gasteiger partial charge on any atom is -0.327 e. The van der Waals surface area contributed by atoms with Gasteiger partial charge in [0.2, 0.25) is 0 Å². The van der Waals surface area contributed by atoms with Crippen molar-refractivity contribution in [1.29, 1.82) is 0 Å². The molecular formula is C14H21NS. The molecule has 2 heteroatoms. The lowest BCUT2D eigenvalue weighted by Gasteiger charge is -2.14. The summed E-state index contributed by atoms with van der Waals surface area (Å²) in [5.74, 6) is 1.99. The molecule has 0 amide bonds. The van der Waals surface area contributed by atoms with Gasteiger partial charge in [0.25, 0.3) is 0 Å². The Morgan fingerprint density at radius 3 is 2.81 bits per heavy atom. The maximum atomic E-state index is 6.08. The van der Waals surface area contributed by atoms with Gasteiger partial charge in [0.15, 0.2) is 0 Å². The fourth-order valence-electron chi connectivity index (χ4n) is 2.46. The second kappa shape index (κ2) is 5.74. The molecule has 1 fully saturated rings. The maximum Gasteiger partial charge on any atom is 0.0101 e. The fraction of sp³-hybridized carbons (Fsp3) is 0.571. The molecule has 1 aromatic carbocycles. The minimum atomic E-state index is 0.470. The Bertz CT molecular complexity index is 337. The molecule has 0 heterocycles. The number of aryl methyl sites for hydroxylation is 1. The van der Waals surface area contributed by atoms with E-state index in [1.807, 2.05) is 11.8 Å². The van der Waals surface area contributed by atoms with Gasteiger partial charge in [0, 0.05) is 10.9 Å². The van der Waals surface area contributed by atoms with Crippen molar-refractivity contribution in [3.05, 3.63) is 29.8 Å². The van der Waals surface area contributed by atoms with E-state index in [1.54, 1.807) is 0 Å². The van der Waals surface area contributed by atoms with Gasteiger partial charge >= 0.3 is 0 Å². The third kappa shape index (κ3) is 3.02. The Balaban J connectivity index is 1.78. The predicted octanol–water partition coefficient (Wildman–Crippen LogP) is 3.60. The van der Waals surface area contributed by atoms with Crippen LogP contribution in [0.4, 0.5) is 0 Å². The fourth-order valence-corrected chi connectivity index (χ4v) is 3.57. The molecule has 1 nitrogen and oxygen atoms in total. The number of thioether (sulfide) groups is 1. The predicted molar refractivity (Wildman–Crippen MR) is 71.8 cm³/mol. The highest BCUT2D eigenvalue weighted by Gasteiger charge is 2.23. The van der Waals surface area contributed by atoms with Crippen molar-refractivity contribution in [1.82, 2.24) is 0 Å². The van der Waals surface area contributed by atoms with Crippen molar-refractivity contribution < 1.29 is 0 Å². The first-order chi connectivity index (χ1) is 7.77. The lowest BCUT2D eigenvalue weighted by molar-refractivity contribution is 0.470. The van der Waals surface area contributed by atoms with E-state index >= 15 is 0 Å². The molecule has 0 aromatic heterocycles. The standard InChI is InChI=1S/C14H21NS/c1-11-5-2-3-8-14(11)16-10-9-12-6-4-7-13(12)15/h2-3,5,8,12-13H,4,6-7,9-10,15H2,1H3. The molecule has 16 heavy (non-hydrogen) atoms. The number of benzene rings is 1. The highest BCUT2D eigenvalue weighted by atomic mass is 32.2. The summed E-state index contributed by atoms with van der Waals surface area (Å²) in [6, 6.07) is 9.10. The van der Waals surface area contributed by atoms with Crippen molar-refractivity contribution in [3.8, 4) is 0 Å². The summed E-state index contributed by atoms with van der Waals surface area (Å²) in [6.45, 7) is 2.18. The van der Waals surface area contributed by atoms with Gasteiger partial charge in [-0.3, -0.25) is 0 Å². The van der Waals surface area contributed by atoms with Crippen LogP contribution in [-0.2, 0) is 0 Å². The van der Waals surface area contributed by atoms with Crippen molar-refractivity contribution in [2.24, 2.45) is 11.7 Å². The molecule has 88 valence electrons. The Morgan fingerprint density at radius 1 is 1.31 bits per heavy atom. The van der Waals surface area contributed by atoms with Crippen LogP contribution in [0.5, 0.6) is 0 Å². The third-order valence-corrected chi connectivity index (χ3v) is 4.77. The van der Waals surface area contributed by atoms with Crippen LogP contribution in [0.2, 0.25) is 0 Å². The summed E-state index contributed by atoms with van der Waals surface area (Å²) in [5, 5.41) is 0. The van der Waals surface area contributed by atoms with E-state index in [9.17, 15) is 0 Å². The topological polar surface area (TPSA) is 26.0 Å². The van der Waals surface area contributed by atoms with Crippen LogP contribution < -0.4 is 5.73 Å². The van der Waals surface area contributed by atoms with Crippen LogP contribution in [0.25, 0.3) is 0 Å². The van der Waals surface area contributed by atoms with Gasteiger partial charge in [-0.15, -0.1) is 11.8 Å². The van der Waals surface area contributed by atoms with Crippen LogP contribution in [0.1, 0.15) is 31.2 Å². The quantitative estimate of drug-likeness (QED) is 0.807. The molecule has 1 aliphatic rings. The van der Waals surface area contributed by atoms with Crippen LogP contribution in [0, 0.1) is 12.8 Å². The lowest BCUT2D eigenvalue weighted by Crippen LogP contribution is -2.24. The molecule has 0 aliphatic heterocycles. The summed E-state index contributed by atoms with van der Waals surface area (Å²) in [7, 11) is 0. The summed E-state index contributed by atoms with van der Waals surface area (Å²) in [5.41, 5.74) is 7.47. The van der Waals surface area contributed by atoms with Crippen molar-refractivity contribution in [2.75, 3.05) is 5.75 Å². The SMILES string of the molecule is Cc1ccccc1SCCC1CCCC1N. The Morgan fingerprint density at radius 2 is 2.12 bits per heavy atom. The minimum absolute atomic E-state index is 0.470. The first-order valence-corrected chi connectivity index (χ1v) is 7.20. The van der Waals surface area contributed by atoms with Crippen molar-refractivity contribution >= 4 is 11.8 Å². The van der Waals surface area contributed by atoms with Gasteiger partial charge in [0.1, 0.15) is 0 Å². The van der Waals surface area contributed by atoms with E-state index in [4.69, 9.17) is 5.73 Å². The molecular weight excluding hydrogens is 214 g/mol. The molecule has 0 bridgehead atoms. The zero-order valence-corrected chi connectivity index (χ0v) is 10.8. The summed E-state index contributed by atoms with van der Waals surface area (Å²) in [4.78, 5) is 1.43. The van der Waals surface area contributed by atoms with Crippen molar-refractivity contribution in [2.45, 2.75) is 43.5 Å². The lowest BCUT2D eigenvalue weighted by atomic mass is 10.0. The Labute approximate surface area is 103 Å². The summed E-state index contributed by atoms with van der Waals surface area (Å²) in [6.07, 6.45) is 5.19. The molecule has 0 spiro atoms. The van der Waals surface area contributed by atoms with Gasteiger partial charge in [-0.25, -0.2) is 0 Å². The van der Waals surface area contributed by atoms with E-state index in [0.29, 0.717) is 6.04 Å². The molecule has 1 saturated carbocycles. The molecule has 2 N–H and O–H groups in total. The highest BCUT2D eigenvalue weighted by Crippen LogP contribution is 2.30. The van der Waals surface area contributed by atoms with E-state index in [2.05, 4.69) is 31.2 Å². The average Bonchev–Trinajstić information content (AvgIpc) is 2.67. The molecule has 1 aliphatic carbocycles. The van der Waals surface area contributed by atoms with Crippen LogP contribution in [0.3, 0.4) is 0 Å². The van der Waals surface area contributed by atoms with Gasteiger partial charge in [-0.2, -0.15) is 0 Å². The van der Waals surface area contributed by atoms with E-state index < -0.39 is 0 Å². The number of hydrogen-bond donors (Lipinski definition) is 1. The first kappa shape index (κ1) is 12.0. The molecule has 1 aromatic rings. The molecule has 2 atom stereocenters. The monoisotopic (exact) mass is 235 g/mol. The maximum absolute atomic E-state index is 6.08. The molecule has 0 saturated heterocycles. The van der Waals surface area contributed by atoms with E-state index in [0.717, 1.165) is 5.92 Å². The smallest absolute Gasteiger partial charge is 0.0101 e. The summed E-state index contributed by atoms with van der Waals surface area (Å²) >= 11 is 1.98. The molecule has 2 unspecified atom stereocenters. The molecule has 0 radical (unpaired) electrons. The number of nitrogens with two attached hydrogens (primary N) is 1. The number of rotatable bonds is 4. The van der Waals surface area contributed by atoms with Crippen molar-refractivity contribution in [3.63, 3.8) is 0 Å². The van der Waals surface area contributed by atoms with Crippen LogP contribution in [-0.4, -0.2) is 11.8 Å². The van der Waals surface area contributed by atoms with Gasteiger partial charge < -0.3 is 5.73 Å². The highest BCUT2D eigenvalue weighted by molar-refractivity contribution is 7.99. The average molecular weight is 235 g/mol. The van der Waals surface area contributed by atoms with Gasteiger partial charge in [0.05, 0.1) is 0 Å². The zero-order chi connectivity index (χ0) is 11.4. The Kier molecular flexibility index (Phi) is 4.30. The molecule has 2 rings (SSSR count). The van der Waals surface area contributed by atoms with Gasteiger partial charge in [-0.05, 0) is 49.5 Å². The largest absolute Gasteiger partial charge is 0.327 e. The first-order valence-electron chi connectivity index (χ1n) is 6.21. The van der Waals surface area contributed by atoms with E-state index in [-0.39, 0.29) is 0 Å². The summed E-state index contributed by atoms with van der Waals surface area (Å²) < 4.78 is 0. The van der Waals surface area contributed by atoms with Gasteiger partial charge in [-0.1, -0.05) is 24.6 Å². The zero-order valence-electron chi connectivity index (χ0n) is 9.99. The Hall–Kier alpha value is -0.470. The van der Waals surface area contributed by atoms with E-state index in [1.165, 1.54) is 41.9 Å². The number of hydrogen-bond acceptors (Lipinski definition) is 2. The third-order valence-electron chi connectivity index (χ3n) is 3.56. The normalized spacial score (nSPS) is 24.9.